The maximum absolute atomic E-state index is 12.8. The van der Waals surface area contributed by atoms with Gasteiger partial charge in [-0.25, -0.2) is 0 Å². The molecule has 8 heteroatoms. The molecule has 8 nitrogen and oxygen atoms in total. The van der Waals surface area contributed by atoms with E-state index in [0.717, 1.165) is 17.7 Å². The van der Waals surface area contributed by atoms with Gasteiger partial charge in [0.15, 0.2) is 0 Å². The quantitative estimate of drug-likeness (QED) is 0.528. The second-order valence-corrected chi connectivity index (χ2v) is 7.00. The highest BCUT2D eigenvalue weighted by atomic mass is 16.6. The zero-order valence-electron chi connectivity index (χ0n) is 16.2. The van der Waals surface area contributed by atoms with Crippen molar-refractivity contribution in [2.75, 3.05) is 16.8 Å². The third-order valence-electron chi connectivity index (χ3n) is 5.08. The predicted octanol–water partition coefficient (Wildman–Crippen LogP) is 3.75. The summed E-state index contributed by atoms with van der Waals surface area (Å²) in [6.45, 7) is 2.17. The predicted molar refractivity (Wildman–Crippen MR) is 112 cm³/mol. The summed E-state index contributed by atoms with van der Waals surface area (Å²) in [7, 11) is 0. The largest absolute Gasteiger partial charge is 0.322 e. The number of benzene rings is 2. The molecule has 2 heterocycles. The molecule has 0 fully saturated rings. The van der Waals surface area contributed by atoms with Crippen molar-refractivity contribution >= 4 is 28.9 Å². The summed E-state index contributed by atoms with van der Waals surface area (Å²) in [5.74, 6) is -0.586. The van der Waals surface area contributed by atoms with Crippen molar-refractivity contribution in [2.24, 2.45) is 0 Å². The Balaban J connectivity index is 1.58. The van der Waals surface area contributed by atoms with Crippen molar-refractivity contribution in [2.45, 2.75) is 13.3 Å². The number of fused-ring (bicyclic) bond motifs is 1. The zero-order chi connectivity index (χ0) is 21.3. The number of aromatic nitrogens is 1. The summed E-state index contributed by atoms with van der Waals surface area (Å²) >= 11 is 0. The Hall–Kier alpha value is -4.07. The highest BCUT2D eigenvalue weighted by Crippen LogP contribution is 2.32. The first-order valence-corrected chi connectivity index (χ1v) is 9.35. The van der Waals surface area contributed by atoms with Gasteiger partial charge in [-0.2, -0.15) is 0 Å². The van der Waals surface area contributed by atoms with Gasteiger partial charge in [0.1, 0.15) is 0 Å². The second kappa shape index (κ2) is 7.75. The van der Waals surface area contributed by atoms with Crippen LogP contribution in [-0.2, 0) is 6.42 Å². The molecular formula is C22H18N4O4. The molecule has 0 unspecified atom stereocenters. The van der Waals surface area contributed by atoms with Crippen LogP contribution in [0.3, 0.4) is 0 Å². The van der Waals surface area contributed by atoms with Crippen LogP contribution in [0.2, 0.25) is 0 Å². The average molecular weight is 402 g/mol. The second-order valence-electron chi connectivity index (χ2n) is 7.00. The fourth-order valence-corrected chi connectivity index (χ4v) is 3.47. The number of nitro groups is 1. The summed E-state index contributed by atoms with van der Waals surface area (Å²) in [5.41, 5.74) is 3.38. The smallest absolute Gasteiger partial charge is 0.273 e. The number of amides is 2. The number of pyridine rings is 1. The summed E-state index contributed by atoms with van der Waals surface area (Å²) in [4.78, 5) is 41.7. The first-order valence-electron chi connectivity index (χ1n) is 9.35. The van der Waals surface area contributed by atoms with Gasteiger partial charge in [-0.3, -0.25) is 24.7 Å². The van der Waals surface area contributed by atoms with Crippen LogP contribution in [-0.4, -0.2) is 28.3 Å². The molecule has 1 aromatic heterocycles. The SMILES string of the molecule is Cc1ccc(C(=O)Nc2ccc3c(c2)N(C(=O)c2ccncc2)CC3)cc1[N+](=O)[O-]. The number of nitrogens with zero attached hydrogens (tertiary/aromatic N) is 3. The van der Waals surface area contributed by atoms with Gasteiger partial charge in [0.05, 0.1) is 4.92 Å². The molecule has 3 aromatic rings. The Morgan fingerprint density at radius 3 is 2.57 bits per heavy atom. The average Bonchev–Trinajstić information content (AvgIpc) is 3.17. The van der Waals surface area contributed by atoms with Crippen LogP contribution in [0.4, 0.5) is 17.1 Å². The van der Waals surface area contributed by atoms with Crippen molar-refractivity contribution in [3.8, 4) is 0 Å². The van der Waals surface area contributed by atoms with Gasteiger partial charge in [0, 0.05) is 53.1 Å². The topological polar surface area (TPSA) is 105 Å². The number of aryl methyl sites for hydroxylation is 1. The molecule has 1 N–H and O–H groups in total. The Kier molecular flexibility index (Phi) is 4.97. The molecule has 0 spiro atoms. The Bertz CT molecular complexity index is 1160. The van der Waals surface area contributed by atoms with Crippen LogP contribution in [0.5, 0.6) is 0 Å². The van der Waals surface area contributed by atoms with Crippen LogP contribution >= 0.6 is 0 Å². The molecule has 2 aromatic carbocycles. The molecular weight excluding hydrogens is 384 g/mol. The van der Waals surface area contributed by atoms with Crippen LogP contribution in [0.15, 0.2) is 60.9 Å². The summed E-state index contributed by atoms with van der Waals surface area (Å²) in [5, 5.41) is 13.9. The van der Waals surface area contributed by atoms with Crippen molar-refractivity contribution in [3.05, 3.63) is 93.3 Å². The monoisotopic (exact) mass is 402 g/mol. The van der Waals surface area contributed by atoms with Crippen molar-refractivity contribution in [1.29, 1.82) is 0 Å². The molecule has 4 rings (SSSR count). The minimum atomic E-state index is -0.510. The Labute approximate surface area is 172 Å². The zero-order valence-corrected chi connectivity index (χ0v) is 16.2. The van der Waals surface area contributed by atoms with E-state index in [-0.39, 0.29) is 17.2 Å². The first kappa shape index (κ1) is 19.3. The maximum Gasteiger partial charge on any atom is 0.273 e. The molecule has 150 valence electrons. The highest BCUT2D eigenvalue weighted by molar-refractivity contribution is 6.08. The third kappa shape index (κ3) is 3.62. The van der Waals surface area contributed by atoms with E-state index in [9.17, 15) is 19.7 Å². The number of anilines is 2. The fourth-order valence-electron chi connectivity index (χ4n) is 3.47. The van der Waals surface area contributed by atoms with E-state index in [1.807, 2.05) is 6.07 Å². The number of nitrogens with one attached hydrogen (secondary N) is 1. The van der Waals surface area contributed by atoms with E-state index in [2.05, 4.69) is 10.3 Å². The molecule has 30 heavy (non-hydrogen) atoms. The number of nitro benzene ring substituents is 1. The molecule has 1 aliphatic rings. The van der Waals surface area contributed by atoms with E-state index in [1.165, 1.54) is 6.07 Å². The summed E-state index contributed by atoms with van der Waals surface area (Å²) in [6.07, 6.45) is 3.87. The normalized spacial score (nSPS) is 12.4. The van der Waals surface area contributed by atoms with Gasteiger partial charge in [-0.15, -0.1) is 0 Å². The lowest BCUT2D eigenvalue weighted by atomic mass is 10.1. The van der Waals surface area contributed by atoms with Crippen molar-refractivity contribution in [3.63, 3.8) is 0 Å². The molecule has 0 saturated carbocycles. The molecule has 2 amide bonds. The molecule has 0 aliphatic carbocycles. The van der Waals surface area contributed by atoms with Gasteiger partial charge in [0.25, 0.3) is 17.5 Å². The molecule has 0 radical (unpaired) electrons. The first-order chi connectivity index (χ1) is 14.4. The minimum Gasteiger partial charge on any atom is -0.322 e. The molecule has 0 bridgehead atoms. The summed E-state index contributed by atoms with van der Waals surface area (Å²) < 4.78 is 0. The Morgan fingerprint density at radius 2 is 1.83 bits per heavy atom. The summed E-state index contributed by atoms with van der Waals surface area (Å²) in [6, 6.07) is 13.1. The van der Waals surface area contributed by atoms with Gasteiger partial charge < -0.3 is 10.2 Å². The lowest BCUT2D eigenvalue weighted by Gasteiger charge is -2.18. The lowest BCUT2D eigenvalue weighted by molar-refractivity contribution is -0.385. The number of carbonyl (C=O) groups is 2. The maximum atomic E-state index is 12.8. The van der Waals surface area contributed by atoms with Gasteiger partial charge in [-0.05, 0) is 49.2 Å². The minimum absolute atomic E-state index is 0.106. The number of rotatable bonds is 4. The van der Waals surface area contributed by atoms with Crippen LogP contribution < -0.4 is 10.2 Å². The molecule has 0 atom stereocenters. The fraction of sp³-hybridized carbons (Fsp3) is 0.136. The van der Waals surface area contributed by atoms with Gasteiger partial charge in [0.2, 0.25) is 0 Å². The number of carbonyl (C=O) groups excluding carboxylic acids is 2. The number of hydrogen-bond donors (Lipinski definition) is 1. The van der Waals surface area contributed by atoms with Crippen LogP contribution in [0, 0.1) is 17.0 Å². The van der Waals surface area contributed by atoms with Crippen LogP contribution in [0.1, 0.15) is 31.8 Å². The molecule has 1 aliphatic heterocycles. The van der Waals surface area contributed by atoms with E-state index in [0.29, 0.717) is 23.4 Å². The van der Waals surface area contributed by atoms with Gasteiger partial charge >= 0.3 is 0 Å². The third-order valence-corrected chi connectivity index (χ3v) is 5.08. The van der Waals surface area contributed by atoms with E-state index < -0.39 is 10.8 Å². The Morgan fingerprint density at radius 1 is 1.07 bits per heavy atom. The van der Waals surface area contributed by atoms with Crippen molar-refractivity contribution < 1.29 is 14.5 Å². The van der Waals surface area contributed by atoms with E-state index in [1.54, 1.807) is 60.6 Å². The number of hydrogen-bond acceptors (Lipinski definition) is 5. The van der Waals surface area contributed by atoms with Crippen LogP contribution in [0.25, 0.3) is 0 Å². The highest BCUT2D eigenvalue weighted by Gasteiger charge is 2.26. The van der Waals surface area contributed by atoms with Crippen molar-refractivity contribution in [1.82, 2.24) is 4.98 Å². The van der Waals surface area contributed by atoms with E-state index >= 15 is 0 Å². The lowest BCUT2D eigenvalue weighted by Crippen LogP contribution is -2.28. The standard InChI is InChI=1S/C22H18N4O4/c1-14-2-3-17(12-19(14)26(29)30)21(27)24-18-5-4-15-8-11-25(20(15)13-18)22(28)16-6-9-23-10-7-16/h2-7,9-10,12-13H,8,11H2,1H3,(H,24,27). The van der Waals surface area contributed by atoms with E-state index in [4.69, 9.17) is 0 Å². The van der Waals surface area contributed by atoms with Gasteiger partial charge in [-0.1, -0.05) is 12.1 Å². The molecule has 0 saturated heterocycles.